The Balaban J connectivity index is 0.000000413. The van der Waals surface area contributed by atoms with E-state index in [1.54, 1.807) is 0 Å². The number of hydrogen-bond donors (Lipinski definition) is 0. The van der Waals surface area contributed by atoms with Crippen molar-refractivity contribution in [3.8, 4) is 0 Å². The van der Waals surface area contributed by atoms with E-state index in [-0.39, 0.29) is 37.2 Å². The van der Waals surface area contributed by atoms with Crippen LogP contribution in [0.1, 0.15) is 146 Å². The molecular weight excluding hydrogens is 943 g/mol. The molecule has 0 bridgehead atoms. The van der Waals surface area contributed by atoms with Crippen molar-refractivity contribution in [3.63, 3.8) is 0 Å². The molecule has 8 aromatic rings. The smallest absolute Gasteiger partial charge is 0.0308 e. The molecule has 0 saturated carbocycles. The van der Waals surface area contributed by atoms with E-state index in [0.29, 0.717) is 23.7 Å². The fraction of sp³-hybridized carbons (Fsp3) is 0.400. The summed E-state index contributed by atoms with van der Waals surface area (Å²) < 4.78 is 0. The summed E-state index contributed by atoms with van der Waals surface area (Å²) in [5.41, 5.74) is 16.9. The van der Waals surface area contributed by atoms with Crippen molar-refractivity contribution in [2.24, 2.45) is 0 Å². The zero-order valence-electron chi connectivity index (χ0n) is 44.3. The van der Waals surface area contributed by atoms with E-state index < -0.39 is 0 Å². The molecule has 0 aromatic heterocycles. The van der Waals surface area contributed by atoms with Crippen LogP contribution in [0, 0.1) is 55.4 Å². The Morgan fingerprint density at radius 3 is 0.621 bits per heavy atom. The Morgan fingerprint density at radius 2 is 0.485 bits per heavy atom. The maximum absolute atomic E-state index is 2.30. The van der Waals surface area contributed by atoms with E-state index in [1.165, 1.54) is 110 Å². The van der Waals surface area contributed by atoms with Gasteiger partial charge in [-0.15, -0.1) is 136 Å². The van der Waals surface area contributed by atoms with Crippen LogP contribution < -0.4 is 24.8 Å². The Hall–Kier alpha value is -2.24. The largest absolute Gasteiger partial charge is 1.00 e. The van der Waals surface area contributed by atoms with Gasteiger partial charge in [0.1, 0.15) is 0 Å². The second-order valence-electron chi connectivity index (χ2n) is 19.9. The van der Waals surface area contributed by atoms with Gasteiger partial charge in [0.05, 0.1) is 0 Å². The number of hydrogen-bond acceptors (Lipinski definition) is 0. The molecule has 8 aromatic carbocycles. The molecule has 0 nitrogen and oxygen atoms in total. The summed E-state index contributed by atoms with van der Waals surface area (Å²) in [7, 11) is 0. The molecule has 8 rings (SSSR count). The third-order valence-corrected chi connectivity index (χ3v) is 11.6. The first-order valence-corrected chi connectivity index (χ1v) is 33.2. The summed E-state index contributed by atoms with van der Waals surface area (Å²) in [5, 5.41) is 11.5. The quantitative estimate of drug-likeness (QED) is 0.122. The molecule has 6 heteroatoms. The van der Waals surface area contributed by atoms with Crippen molar-refractivity contribution in [2.75, 3.05) is 0 Å². The predicted molar refractivity (Wildman–Crippen MR) is 287 cm³/mol. The van der Waals surface area contributed by atoms with Gasteiger partial charge >= 0.3 is 76.9 Å². The van der Waals surface area contributed by atoms with E-state index in [1.807, 2.05) is 0 Å². The maximum atomic E-state index is 2.30. The average Bonchev–Trinajstić information content (AvgIpc) is 3.97. The Kier molecular flexibility index (Phi) is 26.6. The first kappa shape index (κ1) is 61.8. The molecule has 0 aliphatic carbocycles. The van der Waals surface area contributed by atoms with Gasteiger partial charge in [0.2, 0.25) is 0 Å². The predicted octanol–water partition coefficient (Wildman–Crippen LogP) is 12.8. The van der Waals surface area contributed by atoms with Gasteiger partial charge in [-0.25, -0.2) is 0 Å². The zero-order chi connectivity index (χ0) is 48.3. The second kappa shape index (κ2) is 28.4. The first-order chi connectivity index (χ1) is 29.8. The third kappa shape index (κ3) is 17.6. The van der Waals surface area contributed by atoms with Gasteiger partial charge in [-0.3, -0.25) is 0 Å². The number of benzene rings is 4. The van der Waals surface area contributed by atoms with Crippen molar-refractivity contribution in [2.45, 2.75) is 161 Å². The van der Waals surface area contributed by atoms with Crippen molar-refractivity contribution in [1.29, 1.82) is 0 Å². The van der Waals surface area contributed by atoms with Crippen LogP contribution in [0.4, 0.5) is 0 Å². The molecule has 0 spiro atoms. The van der Waals surface area contributed by atoms with Crippen LogP contribution in [0.5, 0.6) is 0 Å². The molecule has 0 aliphatic rings. The number of fused-ring (bicyclic) bond motifs is 4. The molecule has 66 heavy (non-hydrogen) atoms. The Morgan fingerprint density at radius 1 is 0.333 bits per heavy atom. The molecule has 0 N–H and O–H groups in total. The summed E-state index contributed by atoms with van der Waals surface area (Å²) in [5.74, 6) is 2.44. The number of aryl methyl sites for hydroxylation is 8. The summed E-state index contributed by atoms with van der Waals surface area (Å²) in [6, 6.07) is 36.4. The maximum Gasteiger partial charge on any atom is -0.0308 e. The fourth-order valence-electron chi connectivity index (χ4n) is 8.46. The standard InChI is InChI=1S/4C14H17.2C2H6Si.2ClH.2Ti/c4*1-9(2)12-6-5-11(4)13-7-10(3)8-14(12)13;2*1-3-2;;;;/h4*5-9H,1-4H3;2*1-2H3;2*1H;;/q4*-1;;;;;2*+2/p-2. The van der Waals surface area contributed by atoms with Gasteiger partial charge in [-0.05, 0) is 23.7 Å². The monoisotopic (exact) mass is 1020 g/mol. The van der Waals surface area contributed by atoms with Crippen molar-refractivity contribution in [1.82, 2.24) is 0 Å². The van der Waals surface area contributed by atoms with E-state index in [9.17, 15) is 0 Å². The molecule has 0 aliphatic heterocycles. The number of rotatable bonds is 4. The second-order valence-corrected chi connectivity index (χ2v) is 33.3. The van der Waals surface area contributed by atoms with Gasteiger partial charge < -0.3 is 24.8 Å². The van der Waals surface area contributed by atoms with Gasteiger partial charge in [0.15, 0.2) is 0 Å². The molecule has 0 heterocycles. The van der Waals surface area contributed by atoms with E-state index >= 15 is 0 Å². The molecule has 0 unspecified atom stereocenters. The van der Waals surface area contributed by atoms with Crippen LogP contribution in [0.3, 0.4) is 0 Å². The summed E-state index contributed by atoms with van der Waals surface area (Å²) in [6.45, 7) is 44.6. The average molecular weight is 1020 g/mol. The summed E-state index contributed by atoms with van der Waals surface area (Å²) >= 11 is 4.54. The first-order valence-electron chi connectivity index (χ1n) is 23.5. The fourth-order valence-corrected chi connectivity index (χ4v) is 8.46. The van der Waals surface area contributed by atoms with Crippen LogP contribution in [0.25, 0.3) is 43.1 Å². The molecule has 0 radical (unpaired) electrons. The van der Waals surface area contributed by atoms with Crippen LogP contribution in [-0.2, 0) is 38.3 Å². The van der Waals surface area contributed by atoms with Gasteiger partial charge in [-0.2, -0.15) is 24.3 Å². The van der Waals surface area contributed by atoms with Crippen LogP contribution in [-0.4, -0.2) is 12.4 Å². The zero-order valence-corrected chi connectivity index (χ0v) is 50.9. The van der Waals surface area contributed by atoms with Crippen LogP contribution in [0.2, 0.25) is 26.2 Å². The minimum atomic E-state index is 0. The number of halogens is 2. The molecule has 0 saturated heterocycles. The normalized spacial score (nSPS) is 10.6. The van der Waals surface area contributed by atoms with Crippen LogP contribution in [0.15, 0.2) is 97.1 Å². The molecule has 0 atom stereocenters. The minimum Gasteiger partial charge on any atom is -1.00 e. The van der Waals surface area contributed by atoms with Crippen molar-refractivity contribution < 1.29 is 63.2 Å². The Bertz CT molecular complexity index is 2420. The van der Waals surface area contributed by atoms with Crippen molar-refractivity contribution >= 4 is 55.5 Å². The molecule has 0 fully saturated rings. The van der Waals surface area contributed by atoms with Gasteiger partial charge in [0, 0.05) is 0 Å². The molecule has 0 amide bonds. The van der Waals surface area contributed by atoms with Gasteiger partial charge in [0.25, 0.3) is 0 Å². The molecule has 352 valence electrons. The van der Waals surface area contributed by atoms with Crippen LogP contribution >= 0.6 is 0 Å². The summed E-state index contributed by atoms with van der Waals surface area (Å²) in [6.07, 6.45) is 0.241. The van der Waals surface area contributed by atoms with E-state index in [2.05, 4.69) is 272 Å². The Labute approximate surface area is 439 Å². The molecular formula is C60H80Cl2Si2Ti2-2. The van der Waals surface area contributed by atoms with Gasteiger partial charge in [-0.1, -0.05) is 157 Å². The van der Waals surface area contributed by atoms with Crippen molar-refractivity contribution in [3.05, 3.63) is 164 Å². The topological polar surface area (TPSA) is 0 Å². The van der Waals surface area contributed by atoms with E-state index in [0.717, 1.165) is 0 Å². The third-order valence-electron chi connectivity index (χ3n) is 11.6. The SMILES string of the molecule is C[Si](C)=[Ti+2].C[Si](C)=[Ti+2].Cc1cc2c(C(C)C)ccc(C)c2[cH-]1.Cc1cc2c(C(C)C)ccc(C)c2[cH-]1.Cc1cc2c(C(C)C)ccc(C)c2[cH-]1.Cc1cc2c(C(C)C)ccc(C)c2[cH-]1.[Cl-].[Cl-]. The minimum absolute atomic E-state index is 0. The van der Waals surface area contributed by atoms with E-state index in [4.69, 9.17) is 0 Å². The summed E-state index contributed by atoms with van der Waals surface area (Å²) in [4.78, 5) is 0.